The average Bonchev–Trinajstić information content (AvgIpc) is 3.81. The fourth-order valence-electron chi connectivity index (χ4n) is 6.28. The molecule has 1 saturated heterocycles. The number of fused-ring (bicyclic) bond motifs is 2. The molecule has 10 heteroatoms. The molecule has 2 aromatic heterocycles. The van der Waals surface area contributed by atoms with E-state index in [0.717, 1.165) is 48.0 Å². The molecule has 0 saturated carbocycles. The van der Waals surface area contributed by atoms with Crippen molar-refractivity contribution < 1.29 is 14.3 Å². The number of likely N-dealkylation sites (tertiary alicyclic amines) is 1. The summed E-state index contributed by atoms with van der Waals surface area (Å²) in [4.78, 5) is 48.4. The third kappa shape index (κ3) is 5.50. The molecule has 5 aromatic rings. The lowest BCUT2D eigenvalue weighted by molar-refractivity contribution is -0.139. The quantitative estimate of drug-likeness (QED) is 0.228. The lowest BCUT2D eigenvalue weighted by Crippen LogP contribution is -2.40. The lowest BCUT2D eigenvalue weighted by atomic mass is 9.93. The highest BCUT2D eigenvalue weighted by atomic mass is 35.5. The number of amides is 1. The van der Waals surface area contributed by atoms with Crippen molar-refractivity contribution in [3.8, 4) is 0 Å². The molecule has 0 aliphatic carbocycles. The second-order valence-corrected chi connectivity index (χ2v) is 12.7. The summed E-state index contributed by atoms with van der Waals surface area (Å²) >= 11 is 7.52. The van der Waals surface area contributed by atoms with E-state index in [-0.39, 0.29) is 30.2 Å². The highest BCUT2D eigenvalue weighted by Crippen LogP contribution is 2.35. The predicted octanol–water partition coefficient (Wildman–Crippen LogP) is 5.17. The van der Waals surface area contributed by atoms with E-state index in [9.17, 15) is 14.4 Å². The van der Waals surface area contributed by atoms with E-state index in [0.29, 0.717) is 25.6 Å². The lowest BCUT2D eigenvalue weighted by Gasteiger charge is -2.25. The Balaban J connectivity index is 1.42. The van der Waals surface area contributed by atoms with Crippen LogP contribution in [0.3, 0.4) is 0 Å². The van der Waals surface area contributed by atoms with E-state index in [4.69, 9.17) is 21.3 Å². The second kappa shape index (κ2) is 12.6. The van der Waals surface area contributed by atoms with Crippen molar-refractivity contribution in [2.24, 2.45) is 4.99 Å². The number of benzene rings is 3. The fraction of sp³-hybridized carbons (Fsp3) is 0.222. The fourth-order valence-corrected chi connectivity index (χ4v) is 7.39. The van der Waals surface area contributed by atoms with Crippen LogP contribution >= 0.6 is 22.9 Å². The van der Waals surface area contributed by atoms with Crippen molar-refractivity contribution in [3.05, 3.63) is 132 Å². The van der Waals surface area contributed by atoms with Crippen LogP contribution in [0, 0.1) is 0 Å². The number of nitrogens with zero attached hydrogens (tertiary/aromatic N) is 4. The van der Waals surface area contributed by atoms with Gasteiger partial charge in [-0.15, -0.1) is 0 Å². The van der Waals surface area contributed by atoms with E-state index in [1.807, 2.05) is 88.5 Å². The zero-order chi connectivity index (χ0) is 31.8. The summed E-state index contributed by atoms with van der Waals surface area (Å²) in [6, 6.07) is 23.7. The van der Waals surface area contributed by atoms with Gasteiger partial charge in [0, 0.05) is 46.3 Å². The molecule has 232 valence electrons. The Morgan fingerprint density at radius 3 is 2.46 bits per heavy atom. The molecular weight excluding hydrogens is 620 g/mol. The van der Waals surface area contributed by atoms with Gasteiger partial charge in [-0.3, -0.25) is 14.2 Å². The minimum absolute atomic E-state index is 0.0899. The standard InChI is InChI=1S/C36H31ClN4O4S/c1-2-45-35(44)31-32(23-10-4-3-5-11-23)38-36-41(33(31)24-14-16-26(37)17-15-24)34(43)29(46-36)20-25-21-40(28-13-7-6-12-27(25)28)22-30(42)39-18-8-9-19-39/h3-7,10-17,20-21,33H,2,8-9,18-19,22H2,1H3/b29-20+/t33-/m0/s1. The largest absolute Gasteiger partial charge is 0.463 e. The van der Waals surface area contributed by atoms with Gasteiger partial charge in [-0.2, -0.15) is 0 Å². The van der Waals surface area contributed by atoms with Gasteiger partial charge in [0.15, 0.2) is 4.80 Å². The molecule has 1 fully saturated rings. The predicted molar refractivity (Wildman–Crippen MR) is 180 cm³/mol. The number of para-hydroxylation sites is 1. The molecule has 0 unspecified atom stereocenters. The number of hydrogen-bond donors (Lipinski definition) is 0. The third-order valence-electron chi connectivity index (χ3n) is 8.43. The summed E-state index contributed by atoms with van der Waals surface area (Å²) in [5, 5.41) is 1.48. The molecule has 2 aliphatic rings. The van der Waals surface area contributed by atoms with Crippen molar-refractivity contribution in [2.75, 3.05) is 19.7 Å². The number of carbonyl (C=O) groups excluding carboxylic acids is 2. The van der Waals surface area contributed by atoms with Crippen LogP contribution in [-0.2, 0) is 20.9 Å². The van der Waals surface area contributed by atoms with Crippen LogP contribution in [0.2, 0.25) is 5.02 Å². The van der Waals surface area contributed by atoms with Crippen molar-refractivity contribution in [1.82, 2.24) is 14.0 Å². The Morgan fingerprint density at radius 2 is 1.72 bits per heavy atom. The number of rotatable bonds is 7. The monoisotopic (exact) mass is 650 g/mol. The molecule has 0 spiro atoms. The molecule has 8 nitrogen and oxygen atoms in total. The Morgan fingerprint density at radius 1 is 1.00 bits per heavy atom. The molecule has 0 N–H and O–H groups in total. The summed E-state index contributed by atoms with van der Waals surface area (Å²) in [7, 11) is 0. The van der Waals surface area contributed by atoms with Crippen LogP contribution in [-0.4, -0.2) is 45.6 Å². The van der Waals surface area contributed by atoms with E-state index in [2.05, 4.69) is 0 Å². The summed E-state index contributed by atoms with van der Waals surface area (Å²) in [5.41, 5.74) is 3.67. The molecule has 0 bridgehead atoms. The number of thiazole rings is 1. The average molecular weight is 651 g/mol. The van der Waals surface area contributed by atoms with Gasteiger partial charge in [0.05, 0.1) is 28.5 Å². The van der Waals surface area contributed by atoms with Crippen LogP contribution in [0.25, 0.3) is 22.7 Å². The summed E-state index contributed by atoms with van der Waals surface area (Å²) in [6.45, 7) is 3.74. The van der Waals surface area contributed by atoms with Gasteiger partial charge in [-0.1, -0.05) is 83.6 Å². The first-order valence-electron chi connectivity index (χ1n) is 15.3. The second-order valence-electron chi connectivity index (χ2n) is 11.3. The Bertz CT molecular complexity index is 2170. The van der Waals surface area contributed by atoms with E-state index in [1.54, 1.807) is 23.6 Å². The first kappa shape index (κ1) is 30.0. The summed E-state index contributed by atoms with van der Waals surface area (Å²) < 4.78 is 9.55. The summed E-state index contributed by atoms with van der Waals surface area (Å²) in [6.07, 6.45) is 5.86. The number of halogens is 1. The van der Waals surface area contributed by atoms with Gasteiger partial charge in [0.1, 0.15) is 6.54 Å². The zero-order valence-corrected chi connectivity index (χ0v) is 26.8. The van der Waals surface area contributed by atoms with Crippen LogP contribution in [0.4, 0.5) is 0 Å². The Labute approximate surface area is 274 Å². The van der Waals surface area contributed by atoms with Crippen molar-refractivity contribution in [2.45, 2.75) is 32.4 Å². The number of aromatic nitrogens is 2. The SMILES string of the molecule is CCOC(=O)C1=C(c2ccccc2)N=c2s/c(=C/c3cn(CC(=O)N4CCCC4)c4ccccc34)c(=O)n2[C@H]1c1ccc(Cl)cc1. The highest BCUT2D eigenvalue weighted by molar-refractivity contribution is 7.07. The first-order valence-corrected chi connectivity index (χ1v) is 16.5. The number of carbonyl (C=O) groups is 2. The van der Waals surface area contributed by atoms with Gasteiger partial charge in [-0.05, 0) is 49.6 Å². The molecule has 4 heterocycles. The smallest absolute Gasteiger partial charge is 0.338 e. The Hall–Kier alpha value is -4.73. The van der Waals surface area contributed by atoms with Gasteiger partial charge >= 0.3 is 5.97 Å². The number of ether oxygens (including phenoxy) is 1. The molecule has 7 rings (SSSR count). The minimum Gasteiger partial charge on any atom is -0.463 e. The topological polar surface area (TPSA) is 85.9 Å². The van der Waals surface area contributed by atoms with Crippen molar-refractivity contribution in [3.63, 3.8) is 0 Å². The molecule has 2 aliphatic heterocycles. The normalized spacial score (nSPS) is 16.5. The molecule has 1 atom stereocenters. The van der Waals surface area contributed by atoms with Gasteiger partial charge in [0.25, 0.3) is 5.56 Å². The molecule has 0 radical (unpaired) electrons. The Kier molecular flexibility index (Phi) is 8.19. The van der Waals surface area contributed by atoms with Crippen LogP contribution in [0.5, 0.6) is 0 Å². The van der Waals surface area contributed by atoms with Crippen LogP contribution in [0.15, 0.2) is 100 Å². The van der Waals surface area contributed by atoms with E-state index >= 15 is 0 Å². The van der Waals surface area contributed by atoms with Crippen molar-refractivity contribution >= 4 is 57.5 Å². The highest BCUT2D eigenvalue weighted by Gasteiger charge is 2.35. The maximum atomic E-state index is 14.3. The summed E-state index contributed by atoms with van der Waals surface area (Å²) in [5.74, 6) is -0.447. The van der Waals surface area contributed by atoms with E-state index < -0.39 is 12.0 Å². The van der Waals surface area contributed by atoms with E-state index in [1.165, 1.54) is 11.3 Å². The molecule has 3 aromatic carbocycles. The van der Waals surface area contributed by atoms with Gasteiger partial charge < -0.3 is 14.2 Å². The molecule has 1 amide bonds. The maximum Gasteiger partial charge on any atom is 0.338 e. The maximum absolute atomic E-state index is 14.3. The molecule has 46 heavy (non-hydrogen) atoms. The van der Waals surface area contributed by atoms with Crippen LogP contribution in [0.1, 0.15) is 42.5 Å². The number of hydrogen-bond acceptors (Lipinski definition) is 6. The number of esters is 1. The minimum atomic E-state index is -0.788. The van der Waals surface area contributed by atoms with Crippen LogP contribution < -0.4 is 14.9 Å². The van der Waals surface area contributed by atoms with Crippen molar-refractivity contribution in [1.29, 1.82) is 0 Å². The molecular formula is C36H31ClN4O4S. The first-order chi connectivity index (χ1) is 22.4. The van der Waals surface area contributed by atoms with Gasteiger partial charge in [-0.25, -0.2) is 9.79 Å². The third-order valence-corrected chi connectivity index (χ3v) is 9.66. The zero-order valence-electron chi connectivity index (χ0n) is 25.2. The van der Waals surface area contributed by atoms with Gasteiger partial charge in [0.2, 0.25) is 5.91 Å².